The van der Waals surface area contributed by atoms with E-state index < -0.39 is 29.4 Å². The Balaban J connectivity index is 1.38. The Morgan fingerprint density at radius 1 is 1.21 bits per heavy atom. The lowest BCUT2D eigenvalue weighted by Crippen LogP contribution is -2.59. The number of halogens is 3. The minimum atomic E-state index is -1.39. The number of rotatable bonds is 6. The molecule has 11 heteroatoms. The predicted octanol–water partition coefficient (Wildman–Crippen LogP) is 4.86. The zero-order chi connectivity index (χ0) is 29.8. The van der Waals surface area contributed by atoms with Crippen LogP contribution in [0.3, 0.4) is 0 Å². The van der Waals surface area contributed by atoms with Crippen LogP contribution in [0.4, 0.5) is 14.6 Å². The third-order valence-electron chi connectivity index (χ3n) is 10.0. The van der Waals surface area contributed by atoms with Gasteiger partial charge in [0.2, 0.25) is 0 Å². The molecule has 1 aromatic heterocycles. The third kappa shape index (κ3) is 4.62. The van der Waals surface area contributed by atoms with Crippen molar-refractivity contribution in [2.24, 2.45) is 0 Å². The highest BCUT2D eigenvalue weighted by Crippen LogP contribution is 2.56. The summed E-state index contributed by atoms with van der Waals surface area (Å²) in [6.45, 7) is 7.36. The SMILES string of the molecule is C=C(F)C(=O)N1CCN(c2nc(OC[C@@]3(C)CCN3C)nc3c2CC[C@@]2(CCc4c(Cl)cccc42)[C@H]3F)C[C@@H]1CC#N. The maximum atomic E-state index is 17.0. The molecular formula is C31H35ClF2N6O2. The molecular weight excluding hydrogens is 562 g/mol. The fraction of sp³-hybridized carbons (Fsp3) is 0.548. The van der Waals surface area contributed by atoms with Crippen LogP contribution >= 0.6 is 11.6 Å². The molecule has 0 unspecified atom stereocenters. The van der Waals surface area contributed by atoms with Gasteiger partial charge in [0.15, 0.2) is 12.0 Å². The molecule has 222 valence electrons. The molecule has 8 nitrogen and oxygen atoms in total. The van der Waals surface area contributed by atoms with E-state index in [0.717, 1.165) is 24.1 Å². The molecule has 0 bridgehead atoms. The maximum absolute atomic E-state index is 17.0. The lowest BCUT2D eigenvalue weighted by molar-refractivity contribution is -0.131. The summed E-state index contributed by atoms with van der Waals surface area (Å²) < 4.78 is 36.9. The van der Waals surface area contributed by atoms with E-state index in [1.807, 2.05) is 30.1 Å². The molecule has 1 aromatic carbocycles. The Hall–Kier alpha value is -3.29. The van der Waals surface area contributed by atoms with E-state index in [0.29, 0.717) is 60.9 Å². The van der Waals surface area contributed by atoms with E-state index in [-0.39, 0.29) is 31.1 Å². The number of alkyl halides is 1. The first-order valence-corrected chi connectivity index (χ1v) is 14.9. The number of carbonyl (C=O) groups excluding carboxylic acids is 1. The van der Waals surface area contributed by atoms with Gasteiger partial charge in [-0.2, -0.15) is 15.2 Å². The maximum Gasteiger partial charge on any atom is 0.318 e. The lowest BCUT2D eigenvalue weighted by atomic mass is 9.68. The average molecular weight is 597 g/mol. The number of benzene rings is 1. The van der Waals surface area contributed by atoms with Crippen molar-refractivity contribution >= 4 is 23.3 Å². The highest BCUT2D eigenvalue weighted by molar-refractivity contribution is 6.31. The van der Waals surface area contributed by atoms with E-state index in [2.05, 4.69) is 24.5 Å². The van der Waals surface area contributed by atoms with Gasteiger partial charge in [-0.25, -0.2) is 8.78 Å². The molecule has 2 saturated heterocycles. The molecule has 6 rings (SSSR count). The number of piperazine rings is 1. The van der Waals surface area contributed by atoms with Gasteiger partial charge in [-0.3, -0.25) is 9.69 Å². The molecule has 42 heavy (non-hydrogen) atoms. The molecule has 2 aliphatic heterocycles. The van der Waals surface area contributed by atoms with E-state index in [1.54, 1.807) is 0 Å². The van der Waals surface area contributed by atoms with Gasteiger partial charge in [-0.15, -0.1) is 0 Å². The fourth-order valence-corrected chi connectivity index (χ4v) is 7.40. The van der Waals surface area contributed by atoms with E-state index in [4.69, 9.17) is 26.3 Å². The van der Waals surface area contributed by atoms with Crippen molar-refractivity contribution in [1.82, 2.24) is 19.8 Å². The topological polar surface area (TPSA) is 85.6 Å². The molecule has 0 radical (unpaired) electrons. The third-order valence-corrected chi connectivity index (χ3v) is 10.4. The first-order chi connectivity index (χ1) is 20.1. The Bertz CT molecular complexity index is 1480. The van der Waals surface area contributed by atoms with Crippen LogP contribution in [0.15, 0.2) is 30.6 Å². The Kier molecular flexibility index (Phi) is 7.38. The minimum Gasteiger partial charge on any atom is -0.461 e. The summed E-state index contributed by atoms with van der Waals surface area (Å²) in [5, 5.41) is 10.1. The van der Waals surface area contributed by atoms with Gasteiger partial charge >= 0.3 is 6.01 Å². The van der Waals surface area contributed by atoms with Crippen LogP contribution in [-0.4, -0.2) is 77.1 Å². The van der Waals surface area contributed by atoms with Crippen LogP contribution in [0, 0.1) is 11.3 Å². The van der Waals surface area contributed by atoms with E-state index in [1.165, 1.54) is 4.90 Å². The molecule has 1 amide bonds. The number of anilines is 1. The number of nitrogens with zero attached hydrogens (tertiary/aromatic N) is 6. The van der Waals surface area contributed by atoms with Crippen molar-refractivity contribution in [3.63, 3.8) is 0 Å². The quantitative estimate of drug-likeness (QED) is 0.440. The van der Waals surface area contributed by atoms with Gasteiger partial charge in [0, 0.05) is 42.2 Å². The number of aromatic nitrogens is 2. The second-order valence-electron chi connectivity index (χ2n) is 12.3. The van der Waals surface area contributed by atoms with Crippen molar-refractivity contribution < 1.29 is 18.3 Å². The highest BCUT2D eigenvalue weighted by atomic mass is 35.5. The van der Waals surface area contributed by atoms with Gasteiger partial charge < -0.3 is 14.5 Å². The normalized spacial score (nSPS) is 28.6. The molecule has 2 aromatic rings. The van der Waals surface area contributed by atoms with Gasteiger partial charge in [0.25, 0.3) is 5.91 Å². The van der Waals surface area contributed by atoms with Crippen LogP contribution in [-0.2, 0) is 23.1 Å². The standard InChI is InChI=1S/C31H35ClF2N6O2/c1-19(33)28(41)40-16-15-39(17-20(40)9-13-35)27-22-8-11-31(10-7-21-23(31)5-4-6-24(21)32)26(34)25(22)36-29(37-27)42-18-30(2)12-14-38(30)3/h4-6,20,26H,1,7-12,14-18H2,2-3H3/t20-,26-,30+,31+/m0/s1. The van der Waals surface area contributed by atoms with Crippen molar-refractivity contribution in [1.29, 1.82) is 5.26 Å². The van der Waals surface area contributed by atoms with Crippen LogP contribution < -0.4 is 9.64 Å². The molecule has 3 heterocycles. The number of amides is 1. The van der Waals surface area contributed by atoms with Crippen molar-refractivity contribution in [3.05, 3.63) is 58.0 Å². The molecule has 2 fully saturated rings. The second kappa shape index (κ2) is 10.8. The summed E-state index contributed by atoms with van der Waals surface area (Å²) in [7, 11) is 2.04. The molecule has 4 aliphatic rings. The van der Waals surface area contributed by atoms with Crippen LogP contribution in [0.2, 0.25) is 5.02 Å². The monoisotopic (exact) mass is 596 g/mol. The first kappa shape index (κ1) is 28.8. The summed E-state index contributed by atoms with van der Waals surface area (Å²) in [5.41, 5.74) is 2.11. The predicted molar refractivity (Wildman–Crippen MR) is 155 cm³/mol. The zero-order valence-corrected chi connectivity index (χ0v) is 24.8. The first-order valence-electron chi connectivity index (χ1n) is 14.5. The number of ether oxygens (including phenoxy) is 1. The van der Waals surface area contributed by atoms with Gasteiger partial charge in [-0.1, -0.05) is 30.3 Å². The van der Waals surface area contributed by atoms with Crippen molar-refractivity contribution in [2.75, 3.05) is 44.7 Å². The van der Waals surface area contributed by atoms with Crippen LogP contribution in [0.25, 0.3) is 0 Å². The number of hydrogen-bond acceptors (Lipinski definition) is 7. The molecule has 1 spiro atoms. The van der Waals surface area contributed by atoms with Crippen molar-refractivity contribution in [3.8, 4) is 12.1 Å². The zero-order valence-electron chi connectivity index (χ0n) is 24.0. The number of nitriles is 1. The smallest absolute Gasteiger partial charge is 0.318 e. The fourth-order valence-electron chi connectivity index (χ4n) is 7.14. The van der Waals surface area contributed by atoms with Gasteiger partial charge in [0.05, 0.1) is 29.8 Å². The summed E-state index contributed by atoms with van der Waals surface area (Å²) in [6, 6.07) is 7.38. The Morgan fingerprint density at radius 3 is 2.64 bits per heavy atom. The highest BCUT2D eigenvalue weighted by Gasteiger charge is 2.51. The average Bonchev–Trinajstić information content (AvgIpc) is 3.37. The number of likely N-dealkylation sites (tertiary alicyclic amines) is 1. The Morgan fingerprint density at radius 2 is 1.98 bits per heavy atom. The largest absolute Gasteiger partial charge is 0.461 e. The number of likely N-dealkylation sites (N-methyl/N-ethyl adjacent to an activating group) is 1. The summed E-state index contributed by atoms with van der Waals surface area (Å²) in [4.78, 5) is 27.5. The molecule has 0 N–H and O–H groups in total. The second-order valence-corrected chi connectivity index (χ2v) is 12.7. The summed E-state index contributed by atoms with van der Waals surface area (Å²) in [5.74, 6) is -1.32. The summed E-state index contributed by atoms with van der Waals surface area (Å²) in [6.07, 6.45) is 2.09. The van der Waals surface area contributed by atoms with Crippen molar-refractivity contribution in [2.45, 2.75) is 68.6 Å². The van der Waals surface area contributed by atoms with Crippen LogP contribution in [0.5, 0.6) is 6.01 Å². The number of fused-ring (bicyclic) bond motifs is 3. The van der Waals surface area contributed by atoms with E-state index in [9.17, 15) is 14.4 Å². The lowest BCUT2D eigenvalue weighted by Gasteiger charge is -2.48. The molecule has 0 saturated carbocycles. The number of carbonyl (C=O) groups is 1. The number of hydrogen-bond donors (Lipinski definition) is 0. The van der Waals surface area contributed by atoms with Gasteiger partial charge in [0.1, 0.15) is 12.4 Å². The molecule has 4 atom stereocenters. The van der Waals surface area contributed by atoms with Gasteiger partial charge in [-0.05, 0) is 63.3 Å². The van der Waals surface area contributed by atoms with Crippen LogP contribution in [0.1, 0.15) is 61.2 Å². The molecule has 2 aliphatic carbocycles. The summed E-state index contributed by atoms with van der Waals surface area (Å²) >= 11 is 6.52. The Labute approximate surface area is 249 Å². The van der Waals surface area contributed by atoms with E-state index >= 15 is 4.39 Å². The minimum absolute atomic E-state index is 0.0171.